The molecular formula is C15H28N4. The van der Waals surface area contributed by atoms with Crippen LogP contribution < -0.4 is 5.73 Å². The number of nitrogens with zero attached hydrogens (tertiary/aromatic N) is 3. The van der Waals surface area contributed by atoms with Gasteiger partial charge in [0.15, 0.2) is 0 Å². The van der Waals surface area contributed by atoms with E-state index >= 15 is 0 Å². The third-order valence-electron chi connectivity index (χ3n) is 4.44. The molecule has 1 fully saturated rings. The van der Waals surface area contributed by atoms with Crippen LogP contribution in [-0.4, -0.2) is 33.6 Å². The molecule has 1 aromatic rings. The van der Waals surface area contributed by atoms with Crippen LogP contribution in [0.25, 0.3) is 0 Å². The zero-order valence-electron chi connectivity index (χ0n) is 12.4. The molecule has 2 N–H and O–H groups in total. The Bertz CT molecular complexity index is 374. The maximum Gasteiger partial charge on any atom is 0.0948 e. The van der Waals surface area contributed by atoms with Gasteiger partial charge in [0.05, 0.1) is 18.1 Å². The minimum atomic E-state index is 0.325. The summed E-state index contributed by atoms with van der Waals surface area (Å²) in [6.07, 6.45) is 10.5. The molecule has 2 unspecified atom stereocenters. The van der Waals surface area contributed by atoms with Crippen molar-refractivity contribution in [3.8, 4) is 0 Å². The second-order valence-electron chi connectivity index (χ2n) is 5.51. The lowest BCUT2D eigenvalue weighted by atomic mass is 10.0. The molecule has 0 amide bonds. The Hall–Kier alpha value is -0.870. The first-order valence-electron chi connectivity index (χ1n) is 7.77. The van der Waals surface area contributed by atoms with Crippen LogP contribution in [0.3, 0.4) is 0 Å². The average Bonchev–Trinajstić information content (AvgIpc) is 2.78. The predicted molar refractivity (Wildman–Crippen MR) is 78.9 cm³/mol. The van der Waals surface area contributed by atoms with E-state index in [1.165, 1.54) is 44.3 Å². The van der Waals surface area contributed by atoms with Crippen molar-refractivity contribution in [1.29, 1.82) is 0 Å². The van der Waals surface area contributed by atoms with Gasteiger partial charge < -0.3 is 10.3 Å². The third kappa shape index (κ3) is 3.18. The van der Waals surface area contributed by atoms with Crippen LogP contribution in [0, 0.1) is 0 Å². The molecule has 2 heterocycles. The molecule has 1 aliphatic heterocycles. The van der Waals surface area contributed by atoms with Crippen molar-refractivity contribution in [2.45, 2.75) is 64.6 Å². The number of nitrogens with two attached hydrogens (primary N) is 1. The van der Waals surface area contributed by atoms with Crippen LogP contribution in [0.2, 0.25) is 0 Å². The van der Waals surface area contributed by atoms with Gasteiger partial charge in [-0.2, -0.15) is 0 Å². The van der Waals surface area contributed by atoms with Gasteiger partial charge in [0.1, 0.15) is 0 Å². The van der Waals surface area contributed by atoms with Crippen LogP contribution in [0.1, 0.15) is 57.7 Å². The molecule has 0 bridgehead atoms. The molecular weight excluding hydrogens is 236 g/mol. The fourth-order valence-electron chi connectivity index (χ4n) is 3.35. The molecule has 0 aliphatic carbocycles. The number of hydrogen-bond acceptors (Lipinski definition) is 3. The van der Waals surface area contributed by atoms with Crippen molar-refractivity contribution < 1.29 is 0 Å². The Labute approximate surface area is 117 Å². The lowest BCUT2D eigenvalue weighted by Crippen LogP contribution is -2.41. The van der Waals surface area contributed by atoms with Gasteiger partial charge >= 0.3 is 0 Å². The van der Waals surface area contributed by atoms with Crippen LogP contribution >= 0.6 is 0 Å². The second-order valence-corrected chi connectivity index (χ2v) is 5.51. The van der Waals surface area contributed by atoms with Gasteiger partial charge in [-0.05, 0) is 32.7 Å². The van der Waals surface area contributed by atoms with Gasteiger partial charge in [0.2, 0.25) is 0 Å². The SMILES string of the molecule is CCC1CCCCCN1C(CN)c1cncn1CC. The minimum absolute atomic E-state index is 0.325. The molecule has 1 saturated heterocycles. The summed E-state index contributed by atoms with van der Waals surface area (Å²) >= 11 is 0. The molecule has 0 spiro atoms. The summed E-state index contributed by atoms with van der Waals surface area (Å²) in [6, 6.07) is 1.00. The Kier molecular flexibility index (Phi) is 5.40. The van der Waals surface area contributed by atoms with Crippen molar-refractivity contribution in [3.63, 3.8) is 0 Å². The fraction of sp³-hybridized carbons (Fsp3) is 0.800. The molecule has 4 nitrogen and oxygen atoms in total. The first-order chi connectivity index (χ1) is 9.31. The minimum Gasteiger partial charge on any atom is -0.333 e. The molecule has 2 rings (SSSR count). The van der Waals surface area contributed by atoms with Crippen molar-refractivity contribution in [2.24, 2.45) is 5.73 Å². The third-order valence-corrected chi connectivity index (χ3v) is 4.44. The number of likely N-dealkylation sites (tertiary alicyclic amines) is 1. The molecule has 0 saturated carbocycles. The summed E-state index contributed by atoms with van der Waals surface area (Å²) < 4.78 is 2.23. The zero-order chi connectivity index (χ0) is 13.7. The molecule has 4 heteroatoms. The van der Waals surface area contributed by atoms with Gasteiger partial charge in [-0.25, -0.2) is 4.98 Å². The summed E-state index contributed by atoms with van der Waals surface area (Å²) in [4.78, 5) is 6.95. The van der Waals surface area contributed by atoms with E-state index in [1.54, 1.807) is 0 Å². The molecule has 1 aliphatic rings. The maximum atomic E-state index is 6.10. The van der Waals surface area contributed by atoms with E-state index < -0.39 is 0 Å². The number of hydrogen-bond donors (Lipinski definition) is 1. The quantitative estimate of drug-likeness (QED) is 0.889. The maximum absolute atomic E-state index is 6.10. The van der Waals surface area contributed by atoms with Gasteiger partial charge in [0.25, 0.3) is 0 Å². The number of aryl methyl sites for hydroxylation is 1. The van der Waals surface area contributed by atoms with Crippen LogP contribution in [0.15, 0.2) is 12.5 Å². The van der Waals surface area contributed by atoms with Gasteiger partial charge in [-0.1, -0.05) is 19.8 Å². The second kappa shape index (κ2) is 7.06. The van der Waals surface area contributed by atoms with Gasteiger partial charge in [-0.15, -0.1) is 0 Å². The highest BCUT2D eigenvalue weighted by atomic mass is 15.2. The van der Waals surface area contributed by atoms with E-state index in [9.17, 15) is 0 Å². The summed E-state index contributed by atoms with van der Waals surface area (Å²) in [6.45, 7) is 7.29. The van der Waals surface area contributed by atoms with Crippen LogP contribution in [-0.2, 0) is 6.54 Å². The Morgan fingerprint density at radius 2 is 2.21 bits per heavy atom. The largest absolute Gasteiger partial charge is 0.333 e. The highest BCUT2D eigenvalue weighted by Gasteiger charge is 2.28. The lowest BCUT2D eigenvalue weighted by Gasteiger charge is -2.36. The van der Waals surface area contributed by atoms with E-state index in [0.29, 0.717) is 18.6 Å². The van der Waals surface area contributed by atoms with Gasteiger partial charge in [-0.3, -0.25) is 4.90 Å². The molecule has 108 valence electrons. The molecule has 19 heavy (non-hydrogen) atoms. The first kappa shape index (κ1) is 14.5. The number of rotatable bonds is 5. The van der Waals surface area contributed by atoms with E-state index in [2.05, 4.69) is 28.3 Å². The Morgan fingerprint density at radius 1 is 1.37 bits per heavy atom. The molecule has 0 radical (unpaired) electrons. The number of aromatic nitrogens is 2. The standard InChI is InChI=1S/C15H28N4/c1-3-13-8-6-5-7-9-19(13)14(10-16)15-11-17-12-18(15)4-2/h11-14H,3-10,16H2,1-2H3. The van der Waals surface area contributed by atoms with Crippen LogP contribution in [0.4, 0.5) is 0 Å². The average molecular weight is 264 g/mol. The molecule has 2 atom stereocenters. The summed E-state index contributed by atoms with van der Waals surface area (Å²) in [7, 11) is 0. The lowest BCUT2D eigenvalue weighted by molar-refractivity contribution is 0.131. The van der Waals surface area contributed by atoms with Crippen molar-refractivity contribution in [3.05, 3.63) is 18.2 Å². The van der Waals surface area contributed by atoms with E-state index in [4.69, 9.17) is 5.73 Å². The highest BCUT2D eigenvalue weighted by Crippen LogP contribution is 2.28. The Balaban J connectivity index is 2.23. The normalized spacial score (nSPS) is 23.2. The van der Waals surface area contributed by atoms with E-state index in [1.807, 2.05) is 12.5 Å². The highest BCUT2D eigenvalue weighted by molar-refractivity contribution is 5.07. The predicted octanol–water partition coefficient (Wildman–Crippen LogP) is 2.56. The van der Waals surface area contributed by atoms with Crippen LogP contribution in [0.5, 0.6) is 0 Å². The summed E-state index contributed by atoms with van der Waals surface area (Å²) in [5, 5.41) is 0. The zero-order valence-corrected chi connectivity index (χ0v) is 12.4. The summed E-state index contributed by atoms with van der Waals surface area (Å²) in [5.41, 5.74) is 7.39. The van der Waals surface area contributed by atoms with Crippen molar-refractivity contribution in [1.82, 2.24) is 14.5 Å². The van der Waals surface area contributed by atoms with E-state index in [0.717, 1.165) is 6.54 Å². The monoisotopic (exact) mass is 264 g/mol. The van der Waals surface area contributed by atoms with Crippen molar-refractivity contribution >= 4 is 0 Å². The summed E-state index contributed by atoms with van der Waals surface area (Å²) in [5.74, 6) is 0. The van der Waals surface area contributed by atoms with E-state index in [-0.39, 0.29) is 0 Å². The fourth-order valence-corrected chi connectivity index (χ4v) is 3.35. The van der Waals surface area contributed by atoms with Gasteiger partial charge in [0, 0.05) is 25.3 Å². The topological polar surface area (TPSA) is 47.1 Å². The van der Waals surface area contributed by atoms with Crippen molar-refractivity contribution in [2.75, 3.05) is 13.1 Å². The smallest absolute Gasteiger partial charge is 0.0948 e. The Morgan fingerprint density at radius 3 is 2.89 bits per heavy atom. The molecule has 1 aromatic heterocycles. The molecule has 0 aromatic carbocycles. The first-order valence-corrected chi connectivity index (χ1v) is 7.77. The number of imidazole rings is 1.